The second-order valence-corrected chi connectivity index (χ2v) is 5.90. The summed E-state index contributed by atoms with van der Waals surface area (Å²) in [5.41, 5.74) is 2.26. The van der Waals surface area contributed by atoms with Crippen molar-refractivity contribution in [2.75, 3.05) is 13.7 Å². The van der Waals surface area contributed by atoms with Crippen LogP contribution in [0.1, 0.15) is 23.4 Å². The van der Waals surface area contributed by atoms with Gasteiger partial charge in [0.05, 0.1) is 18.7 Å². The zero-order valence-corrected chi connectivity index (χ0v) is 14.7. The fraction of sp³-hybridized carbons (Fsp3) is 0.389. The molecule has 1 aromatic carbocycles. The van der Waals surface area contributed by atoms with Crippen LogP contribution in [0, 0.1) is 19.7 Å². The van der Waals surface area contributed by atoms with Crippen LogP contribution >= 0.6 is 0 Å². The van der Waals surface area contributed by atoms with Gasteiger partial charge in [-0.25, -0.2) is 4.39 Å². The average Bonchev–Trinajstić information content (AvgIpc) is 2.90. The molecule has 0 spiro atoms. The highest BCUT2D eigenvalue weighted by molar-refractivity contribution is 5.80. The zero-order chi connectivity index (χ0) is 18.4. The van der Waals surface area contributed by atoms with Crippen molar-refractivity contribution in [1.29, 1.82) is 0 Å². The molecule has 0 aliphatic carbocycles. The molecular formula is C18H22FN3O3. The Morgan fingerprint density at radius 2 is 2.00 bits per heavy atom. The number of likely N-dealkylation sites (N-methyl/N-ethyl adjacent to an activating group) is 1. The molecule has 0 atom stereocenters. The van der Waals surface area contributed by atoms with Gasteiger partial charge >= 0.3 is 5.97 Å². The van der Waals surface area contributed by atoms with E-state index in [0.29, 0.717) is 12.1 Å². The number of hydrogen-bond acceptors (Lipinski definition) is 4. The van der Waals surface area contributed by atoms with Gasteiger partial charge in [-0.05, 0) is 26.0 Å². The van der Waals surface area contributed by atoms with Crippen LogP contribution in [-0.2, 0) is 27.4 Å². The van der Waals surface area contributed by atoms with E-state index in [-0.39, 0.29) is 31.3 Å². The molecule has 0 N–H and O–H groups in total. The van der Waals surface area contributed by atoms with Crippen molar-refractivity contribution < 1.29 is 18.7 Å². The fourth-order valence-corrected chi connectivity index (χ4v) is 2.39. The molecule has 0 bridgehead atoms. The number of benzene rings is 1. The number of carbonyl (C=O) groups excluding carboxylic acids is 2. The minimum Gasteiger partial charge on any atom is -0.456 e. The lowest BCUT2D eigenvalue weighted by molar-refractivity contribution is -0.152. The SMILES string of the molecule is Cc1cc(C)n(CCC(=O)OCC(=O)N(C)Cc2ccccc2F)n1. The largest absolute Gasteiger partial charge is 0.456 e. The molecule has 134 valence electrons. The summed E-state index contributed by atoms with van der Waals surface area (Å²) in [6.45, 7) is 3.95. The molecule has 0 unspecified atom stereocenters. The van der Waals surface area contributed by atoms with Gasteiger partial charge in [0.1, 0.15) is 5.82 Å². The topological polar surface area (TPSA) is 64.4 Å². The van der Waals surface area contributed by atoms with Gasteiger partial charge in [-0.15, -0.1) is 0 Å². The van der Waals surface area contributed by atoms with Gasteiger partial charge in [-0.2, -0.15) is 5.10 Å². The number of hydrogen-bond donors (Lipinski definition) is 0. The van der Waals surface area contributed by atoms with Gasteiger partial charge in [0.2, 0.25) is 0 Å². The Morgan fingerprint density at radius 3 is 2.64 bits per heavy atom. The van der Waals surface area contributed by atoms with Gasteiger partial charge in [0.25, 0.3) is 5.91 Å². The van der Waals surface area contributed by atoms with Crippen LogP contribution in [0.2, 0.25) is 0 Å². The minimum absolute atomic E-state index is 0.120. The third-order valence-corrected chi connectivity index (χ3v) is 3.78. The number of rotatable bonds is 7. The molecule has 0 radical (unpaired) electrons. The van der Waals surface area contributed by atoms with Crippen molar-refractivity contribution in [1.82, 2.24) is 14.7 Å². The second kappa shape index (κ2) is 8.41. The first-order valence-electron chi connectivity index (χ1n) is 8.01. The van der Waals surface area contributed by atoms with Crippen LogP contribution in [0.25, 0.3) is 0 Å². The molecule has 25 heavy (non-hydrogen) atoms. The Bertz CT molecular complexity index is 758. The number of esters is 1. The number of aromatic nitrogens is 2. The molecule has 0 fully saturated rings. The molecule has 7 heteroatoms. The summed E-state index contributed by atoms with van der Waals surface area (Å²) in [5.74, 6) is -1.23. The van der Waals surface area contributed by atoms with Crippen LogP contribution in [0.15, 0.2) is 30.3 Å². The molecule has 0 saturated heterocycles. The summed E-state index contributed by atoms with van der Waals surface area (Å²) in [7, 11) is 1.54. The molecule has 0 aliphatic heterocycles. The van der Waals surface area contributed by atoms with E-state index in [1.807, 2.05) is 19.9 Å². The summed E-state index contributed by atoms with van der Waals surface area (Å²) in [5, 5.41) is 4.26. The van der Waals surface area contributed by atoms with Crippen LogP contribution in [0.4, 0.5) is 4.39 Å². The van der Waals surface area contributed by atoms with E-state index in [1.54, 1.807) is 29.9 Å². The third-order valence-electron chi connectivity index (χ3n) is 3.78. The van der Waals surface area contributed by atoms with Crippen LogP contribution in [0.3, 0.4) is 0 Å². The van der Waals surface area contributed by atoms with E-state index in [2.05, 4.69) is 5.10 Å². The molecule has 6 nitrogen and oxygen atoms in total. The molecule has 1 amide bonds. The van der Waals surface area contributed by atoms with E-state index in [1.165, 1.54) is 11.0 Å². The highest BCUT2D eigenvalue weighted by Crippen LogP contribution is 2.09. The molecule has 2 aromatic rings. The molecular weight excluding hydrogens is 325 g/mol. The first-order valence-corrected chi connectivity index (χ1v) is 8.01. The van der Waals surface area contributed by atoms with E-state index >= 15 is 0 Å². The molecule has 1 aromatic heterocycles. The third kappa shape index (κ3) is 5.41. The Kier molecular flexibility index (Phi) is 6.27. The maximum absolute atomic E-state index is 13.6. The molecule has 0 saturated carbocycles. The van der Waals surface area contributed by atoms with Crippen LogP contribution < -0.4 is 0 Å². The number of ether oxygens (including phenoxy) is 1. The lowest BCUT2D eigenvalue weighted by atomic mass is 10.2. The number of aryl methyl sites for hydroxylation is 3. The highest BCUT2D eigenvalue weighted by Gasteiger charge is 2.14. The van der Waals surface area contributed by atoms with Crippen molar-refractivity contribution in [3.05, 3.63) is 53.1 Å². The molecule has 2 rings (SSSR count). The lowest BCUT2D eigenvalue weighted by Crippen LogP contribution is -2.31. The number of amides is 1. The maximum atomic E-state index is 13.6. The number of carbonyl (C=O) groups is 2. The van der Waals surface area contributed by atoms with Gasteiger partial charge in [-0.1, -0.05) is 18.2 Å². The van der Waals surface area contributed by atoms with Crippen LogP contribution in [-0.4, -0.2) is 40.2 Å². The Balaban J connectivity index is 1.76. The van der Waals surface area contributed by atoms with Gasteiger partial charge < -0.3 is 9.64 Å². The van der Waals surface area contributed by atoms with Gasteiger partial charge in [0, 0.05) is 24.8 Å². The maximum Gasteiger partial charge on any atom is 0.308 e. The van der Waals surface area contributed by atoms with E-state index < -0.39 is 5.97 Å². The zero-order valence-electron chi connectivity index (χ0n) is 14.7. The first-order chi connectivity index (χ1) is 11.9. The van der Waals surface area contributed by atoms with Gasteiger partial charge in [-0.3, -0.25) is 14.3 Å². The van der Waals surface area contributed by atoms with Crippen molar-refractivity contribution in [2.45, 2.75) is 33.4 Å². The normalized spacial score (nSPS) is 10.6. The molecule has 1 heterocycles. The standard InChI is InChI=1S/C18H22FN3O3/c1-13-10-14(2)22(20-13)9-8-18(24)25-12-17(23)21(3)11-15-6-4-5-7-16(15)19/h4-7,10H,8-9,11-12H2,1-3H3. The quantitative estimate of drug-likeness (QED) is 0.721. The smallest absolute Gasteiger partial charge is 0.308 e. The summed E-state index contributed by atoms with van der Waals surface area (Å²) in [6.07, 6.45) is 0.131. The van der Waals surface area contributed by atoms with E-state index in [4.69, 9.17) is 4.74 Å². The lowest BCUT2D eigenvalue weighted by Gasteiger charge is -2.17. The Hall–Kier alpha value is -2.70. The van der Waals surface area contributed by atoms with E-state index in [9.17, 15) is 14.0 Å². The Morgan fingerprint density at radius 1 is 1.28 bits per heavy atom. The Labute approximate surface area is 146 Å². The summed E-state index contributed by atoms with van der Waals surface area (Å²) in [4.78, 5) is 25.1. The average molecular weight is 347 g/mol. The van der Waals surface area contributed by atoms with Crippen LogP contribution in [0.5, 0.6) is 0 Å². The van der Waals surface area contributed by atoms with Crippen molar-refractivity contribution >= 4 is 11.9 Å². The van der Waals surface area contributed by atoms with E-state index in [0.717, 1.165) is 11.4 Å². The monoisotopic (exact) mass is 347 g/mol. The second-order valence-electron chi connectivity index (χ2n) is 5.90. The summed E-state index contributed by atoms with van der Waals surface area (Å²) in [6, 6.07) is 8.17. The molecule has 0 aliphatic rings. The summed E-state index contributed by atoms with van der Waals surface area (Å²) >= 11 is 0. The highest BCUT2D eigenvalue weighted by atomic mass is 19.1. The minimum atomic E-state index is -0.472. The predicted molar refractivity (Wildman–Crippen MR) is 90.2 cm³/mol. The summed E-state index contributed by atoms with van der Waals surface area (Å²) < 4.78 is 20.3. The van der Waals surface area contributed by atoms with Crippen molar-refractivity contribution in [2.24, 2.45) is 0 Å². The fourth-order valence-electron chi connectivity index (χ4n) is 2.39. The van der Waals surface area contributed by atoms with Crippen molar-refractivity contribution in [3.8, 4) is 0 Å². The predicted octanol–water partition coefficient (Wildman–Crippen LogP) is 2.23. The van der Waals surface area contributed by atoms with Crippen molar-refractivity contribution in [3.63, 3.8) is 0 Å². The first kappa shape index (κ1) is 18.6. The number of nitrogens with zero attached hydrogens (tertiary/aromatic N) is 3. The number of halogens is 1. The van der Waals surface area contributed by atoms with Gasteiger partial charge in [0.15, 0.2) is 6.61 Å².